The summed E-state index contributed by atoms with van der Waals surface area (Å²) in [5, 5.41) is 9.08. The molecule has 0 spiro atoms. The minimum absolute atomic E-state index is 0.0164. The zero-order valence-electron chi connectivity index (χ0n) is 8.53. The molecular formula is C12H15BrO2. The summed E-state index contributed by atoms with van der Waals surface area (Å²) in [6.45, 7) is 0.129. The molecular weight excluding hydrogens is 256 g/mol. The molecule has 0 amide bonds. The summed E-state index contributed by atoms with van der Waals surface area (Å²) in [4.78, 5) is 0. The van der Waals surface area contributed by atoms with Crippen LogP contribution in [0.4, 0.5) is 0 Å². The van der Waals surface area contributed by atoms with Gasteiger partial charge in [-0.2, -0.15) is 0 Å². The fourth-order valence-corrected chi connectivity index (χ4v) is 2.40. The van der Waals surface area contributed by atoms with Gasteiger partial charge in [-0.15, -0.1) is 0 Å². The molecule has 1 saturated heterocycles. The van der Waals surface area contributed by atoms with Gasteiger partial charge in [0.2, 0.25) is 0 Å². The summed E-state index contributed by atoms with van der Waals surface area (Å²) in [5.41, 5.74) is 1.20. The van der Waals surface area contributed by atoms with Crippen molar-refractivity contribution in [3.8, 4) is 0 Å². The van der Waals surface area contributed by atoms with Crippen molar-refractivity contribution < 1.29 is 9.84 Å². The average Bonchev–Trinajstić information content (AvgIpc) is 2.29. The molecule has 1 fully saturated rings. The topological polar surface area (TPSA) is 29.5 Å². The number of rotatable bonds is 2. The first-order valence-corrected chi connectivity index (χ1v) is 6.10. The maximum atomic E-state index is 9.08. The van der Waals surface area contributed by atoms with Gasteiger partial charge in [0.05, 0.1) is 18.8 Å². The Bertz CT molecular complexity index is 327. The van der Waals surface area contributed by atoms with Gasteiger partial charge in [-0.25, -0.2) is 0 Å². The Hall–Kier alpha value is -0.380. The first-order valence-electron chi connectivity index (χ1n) is 5.31. The van der Waals surface area contributed by atoms with Gasteiger partial charge in [0, 0.05) is 4.47 Å². The van der Waals surface area contributed by atoms with Crippen molar-refractivity contribution in [2.75, 3.05) is 6.61 Å². The van der Waals surface area contributed by atoms with Crippen molar-refractivity contribution in [3.05, 3.63) is 34.3 Å². The summed E-state index contributed by atoms with van der Waals surface area (Å²) < 4.78 is 6.88. The Morgan fingerprint density at radius 2 is 2.27 bits per heavy atom. The van der Waals surface area contributed by atoms with Crippen LogP contribution in [0.3, 0.4) is 0 Å². The predicted molar refractivity (Wildman–Crippen MR) is 62.7 cm³/mol. The molecule has 2 unspecified atom stereocenters. The molecule has 2 nitrogen and oxygen atoms in total. The normalized spacial score (nSPS) is 26.5. The highest BCUT2D eigenvalue weighted by molar-refractivity contribution is 9.10. The van der Waals surface area contributed by atoms with Crippen LogP contribution in [-0.4, -0.2) is 17.8 Å². The third kappa shape index (κ3) is 2.80. The highest BCUT2D eigenvalue weighted by Crippen LogP contribution is 2.31. The standard InChI is InChI=1S/C12H15BrO2/c13-10-4-1-3-9(7-10)12-6-2-5-11(8-14)15-12/h1,3-4,7,11-12,14H,2,5-6,8H2. The Labute approximate surface area is 98.4 Å². The molecule has 1 aromatic carbocycles. The first kappa shape index (κ1) is 11.1. The lowest BCUT2D eigenvalue weighted by Crippen LogP contribution is -2.25. The molecule has 0 saturated carbocycles. The molecule has 0 aromatic heterocycles. The van der Waals surface area contributed by atoms with E-state index in [9.17, 15) is 0 Å². The summed E-state index contributed by atoms with van der Waals surface area (Å²) in [6.07, 6.45) is 3.31. The molecule has 1 aromatic rings. The molecule has 1 aliphatic rings. The average molecular weight is 271 g/mol. The zero-order valence-corrected chi connectivity index (χ0v) is 10.1. The monoisotopic (exact) mass is 270 g/mol. The summed E-state index contributed by atoms with van der Waals surface area (Å²) in [5.74, 6) is 0. The third-order valence-corrected chi connectivity index (χ3v) is 3.27. The van der Waals surface area contributed by atoms with Gasteiger partial charge in [0.1, 0.15) is 0 Å². The van der Waals surface area contributed by atoms with E-state index in [1.54, 1.807) is 0 Å². The van der Waals surface area contributed by atoms with E-state index in [-0.39, 0.29) is 18.8 Å². The summed E-state index contributed by atoms with van der Waals surface area (Å²) in [6, 6.07) is 8.20. The molecule has 15 heavy (non-hydrogen) atoms. The molecule has 0 aliphatic carbocycles. The van der Waals surface area contributed by atoms with Crippen LogP contribution in [0.15, 0.2) is 28.7 Å². The fourth-order valence-electron chi connectivity index (χ4n) is 1.99. The lowest BCUT2D eigenvalue weighted by atomic mass is 9.99. The molecule has 1 aliphatic heterocycles. The second-order valence-corrected chi connectivity index (χ2v) is 4.83. The number of halogens is 1. The van der Waals surface area contributed by atoms with E-state index in [2.05, 4.69) is 28.1 Å². The smallest absolute Gasteiger partial charge is 0.0830 e. The van der Waals surface area contributed by atoms with Crippen molar-refractivity contribution in [3.63, 3.8) is 0 Å². The van der Waals surface area contributed by atoms with Crippen molar-refractivity contribution in [1.29, 1.82) is 0 Å². The highest BCUT2D eigenvalue weighted by Gasteiger charge is 2.22. The van der Waals surface area contributed by atoms with Crippen LogP contribution in [0.25, 0.3) is 0 Å². The molecule has 3 heteroatoms. The highest BCUT2D eigenvalue weighted by atomic mass is 79.9. The summed E-state index contributed by atoms with van der Waals surface area (Å²) in [7, 11) is 0. The number of ether oxygens (including phenoxy) is 1. The maximum absolute atomic E-state index is 9.08. The minimum Gasteiger partial charge on any atom is -0.394 e. The van der Waals surface area contributed by atoms with E-state index in [0.717, 1.165) is 23.7 Å². The third-order valence-electron chi connectivity index (χ3n) is 2.77. The second kappa shape index (κ2) is 5.10. The number of benzene rings is 1. The van der Waals surface area contributed by atoms with Crippen molar-refractivity contribution in [2.45, 2.75) is 31.5 Å². The van der Waals surface area contributed by atoms with Gasteiger partial charge in [-0.3, -0.25) is 0 Å². The van der Waals surface area contributed by atoms with E-state index in [1.807, 2.05) is 12.1 Å². The number of hydrogen-bond donors (Lipinski definition) is 1. The summed E-state index contributed by atoms with van der Waals surface area (Å²) >= 11 is 3.46. The molecule has 0 bridgehead atoms. The van der Waals surface area contributed by atoms with Gasteiger partial charge < -0.3 is 9.84 Å². The fraction of sp³-hybridized carbons (Fsp3) is 0.500. The van der Waals surface area contributed by atoms with Crippen LogP contribution < -0.4 is 0 Å². The molecule has 2 rings (SSSR count). The first-order chi connectivity index (χ1) is 7.29. The van der Waals surface area contributed by atoms with Crippen LogP contribution in [-0.2, 0) is 4.74 Å². The van der Waals surface area contributed by atoms with Crippen LogP contribution in [0.2, 0.25) is 0 Å². The van der Waals surface area contributed by atoms with E-state index in [4.69, 9.17) is 9.84 Å². The van der Waals surface area contributed by atoms with E-state index >= 15 is 0 Å². The van der Waals surface area contributed by atoms with E-state index in [1.165, 1.54) is 5.56 Å². The minimum atomic E-state index is 0.0164. The lowest BCUT2D eigenvalue weighted by molar-refractivity contribution is -0.0737. The zero-order chi connectivity index (χ0) is 10.7. The van der Waals surface area contributed by atoms with Crippen molar-refractivity contribution >= 4 is 15.9 Å². The molecule has 1 heterocycles. The molecule has 82 valence electrons. The molecule has 0 radical (unpaired) electrons. The predicted octanol–water partition coefficient (Wildman–Crippen LogP) is 3.05. The van der Waals surface area contributed by atoms with Gasteiger partial charge in [-0.1, -0.05) is 28.1 Å². The Balaban J connectivity index is 2.09. The quantitative estimate of drug-likeness (QED) is 0.895. The Morgan fingerprint density at radius 1 is 1.40 bits per heavy atom. The second-order valence-electron chi connectivity index (χ2n) is 3.92. The van der Waals surface area contributed by atoms with Gasteiger partial charge in [0.25, 0.3) is 0 Å². The Kier molecular flexibility index (Phi) is 3.78. The number of hydrogen-bond acceptors (Lipinski definition) is 2. The number of aliphatic hydroxyl groups is 1. The van der Waals surface area contributed by atoms with Crippen LogP contribution >= 0.6 is 15.9 Å². The molecule has 2 atom stereocenters. The van der Waals surface area contributed by atoms with Gasteiger partial charge >= 0.3 is 0 Å². The van der Waals surface area contributed by atoms with Crippen molar-refractivity contribution in [1.82, 2.24) is 0 Å². The molecule has 1 N–H and O–H groups in total. The largest absolute Gasteiger partial charge is 0.394 e. The SMILES string of the molecule is OCC1CCCC(c2cccc(Br)c2)O1. The van der Waals surface area contributed by atoms with E-state index in [0.29, 0.717) is 0 Å². The van der Waals surface area contributed by atoms with Crippen LogP contribution in [0.5, 0.6) is 0 Å². The van der Waals surface area contributed by atoms with Crippen LogP contribution in [0.1, 0.15) is 30.9 Å². The maximum Gasteiger partial charge on any atom is 0.0830 e. The lowest BCUT2D eigenvalue weighted by Gasteiger charge is -2.29. The number of aliphatic hydroxyl groups excluding tert-OH is 1. The van der Waals surface area contributed by atoms with E-state index < -0.39 is 0 Å². The van der Waals surface area contributed by atoms with Gasteiger partial charge in [0.15, 0.2) is 0 Å². The van der Waals surface area contributed by atoms with Gasteiger partial charge in [-0.05, 0) is 37.0 Å². The Morgan fingerprint density at radius 3 is 3.00 bits per heavy atom. The van der Waals surface area contributed by atoms with Crippen LogP contribution in [0, 0.1) is 0 Å². The van der Waals surface area contributed by atoms with Crippen molar-refractivity contribution in [2.24, 2.45) is 0 Å².